The van der Waals surface area contributed by atoms with E-state index in [0.29, 0.717) is 24.7 Å². The van der Waals surface area contributed by atoms with Gasteiger partial charge in [0.2, 0.25) is 0 Å². The summed E-state index contributed by atoms with van der Waals surface area (Å²) in [4.78, 5) is 23.7. The molecule has 2 aromatic rings. The molecule has 0 spiro atoms. The highest BCUT2D eigenvalue weighted by Crippen LogP contribution is 2.28. The molecule has 1 unspecified atom stereocenters. The van der Waals surface area contributed by atoms with E-state index in [-0.39, 0.29) is 28.8 Å². The van der Waals surface area contributed by atoms with Crippen molar-refractivity contribution < 1.29 is 24.1 Å². The van der Waals surface area contributed by atoms with E-state index in [2.05, 4.69) is 5.32 Å². The maximum Gasteiger partial charge on any atom is 0.294 e. The summed E-state index contributed by atoms with van der Waals surface area (Å²) in [6.45, 7) is 3.14. The molecule has 0 aromatic heterocycles. The van der Waals surface area contributed by atoms with Gasteiger partial charge in [0.1, 0.15) is 12.2 Å². The zero-order valence-electron chi connectivity index (χ0n) is 16.0. The number of carbonyl (C=O) groups is 1. The largest absolute Gasteiger partial charge is 0.493 e. The van der Waals surface area contributed by atoms with Crippen molar-refractivity contribution in [1.82, 2.24) is 0 Å². The SMILES string of the molecule is CCOc1ccc(C[NH+](C)CC(=O)Nc2ccc(Cl)cc2[N+](=O)[O-])cc1OC. The van der Waals surface area contributed by atoms with Crippen LogP contribution >= 0.6 is 11.6 Å². The van der Waals surface area contributed by atoms with Crippen molar-refractivity contribution in [3.8, 4) is 11.5 Å². The Morgan fingerprint density at radius 1 is 1.25 bits per heavy atom. The molecule has 0 aliphatic carbocycles. The van der Waals surface area contributed by atoms with Crippen molar-refractivity contribution in [2.24, 2.45) is 0 Å². The zero-order chi connectivity index (χ0) is 20.7. The number of amides is 1. The highest BCUT2D eigenvalue weighted by molar-refractivity contribution is 6.31. The molecule has 1 atom stereocenters. The normalized spacial score (nSPS) is 11.6. The van der Waals surface area contributed by atoms with Crippen molar-refractivity contribution >= 4 is 28.9 Å². The fraction of sp³-hybridized carbons (Fsp3) is 0.316. The van der Waals surface area contributed by atoms with E-state index in [0.717, 1.165) is 10.5 Å². The maximum absolute atomic E-state index is 12.3. The van der Waals surface area contributed by atoms with Crippen LogP contribution in [0.15, 0.2) is 36.4 Å². The number of nitrogens with zero attached hydrogens (tertiary/aromatic N) is 1. The van der Waals surface area contributed by atoms with Crippen molar-refractivity contribution in [2.45, 2.75) is 13.5 Å². The summed E-state index contributed by atoms with van der Waals surface area (Å²) in [6.07, 6.45) is 0. The van der Waals surface area contributed by atoms with E-state index < -0.39 is 4.92 Å². The molecule has 150 valence electrons. The topological polar surface area (TPSA) is 95.1 Å². The fourth-order valence-corrected chi connectivity index (χ4v) is 2.90. The lowest BCUT2D eigenvalue weighted by Crippen LogP contribution is -3.08. The number of rotatable bonds is 9. The Morgan fingerprint density at radius 3 is 2.64 bits per heavy atom. The molecular formula is C19H23ClN3O5+. The molecule has 9 heteroatoms. The second kappa shape index (κ2) is 9.91. The van der Waals surface area contributed by atoms with Crippen LogP contribution in [0.5, 0.6) is 11.5 Å². The van der Waals surface area contributed by atoms with Gasteiger partial charge in [-0.1, -0.05) is 11.6 Å². The van der Waals surface area contributed by atoms with Crippen molar-refractivity contribution in [2.75, 3.05) is 32.6 Å². The van der Waals surface area contributed by atoms with Gasteiger partial charge >= 0.3 is 0 Å². The molecule has 0 fully saturated rings. The second-order valence-electron chi connectivity index (χ2n) is 6.20. The quantitative estimate of drug-likeness (QED) is 0.490. The number of nitrogens with one attached hydrogen (secondary N) is 2. The number of ether oxygens (including phenoxy) is 2. The molecule has 0 aliphatic rings. The number of nitro benzene ring substituents is 1. The third-order valence-electron chi connectivity index (χ3n) is 3.93. The molecule has 8 nitrogen and oxygen atoms in total. The Hall–Kier alpha value is -2.84. The number of nitro groups is 1. The first-order valence-corrected chi connectivity index (χ1v) is 9.06. The van der Waals surface area contributed by atoms with Gasteiger partial charge < -0.3 is 19.7 Å². The molecule has 1 amide bonds. The minimum Gasteiger partial charge on any atom is -0.493 e. The van der Waals surface area contributed by atoms with E-state index in [1.54, 1.807) is 7.11 Å². The average molecular weight is 409 g/mol. The molecule has 2 N–H and O–H groups in total. The van der Waals surface area contributed by atoms with Gasteiger partial charge in [-0.2, -0.15) is 0 Å². The van der Waals surface area contributed by atoms with Crippen LogP contribution < -0.4 is 19.7 Å². The Morgan fingerprint density at radius 2 is 2.00 bits per heavy atom. The molecule has 0 saturated heterocycles. The van der Waals surface area contributed by atoms with Crippen molar-refractivity contribution in [3.05, 3.63) is 57.1 Å². The van der Waals surface area contributed by atoms with E-state index in [1.165, 1.54) is 18.2 Å². The van der Waals surface area contributed by atoms with E-state index >= 15 is 0 Å². The lowest BCUT2D eigenvalue weighted by atomic mass is 10.2. The van der Waals surface area contributed by atoms with Crippen molar-refractivity contribution in [3.63, 3.8) is 0 Å². The number of benzene rings is 2. The lowest BCUT2D eigenvalue weighted by molar-refractivity contribution is -0.885. The molecule has 2 rings (SSSR count). The van der Waals surface area contributed by atoms with Crippen LogP contribution in [0, 0.1) is 10.1 Å². The summed E-state index contributed by atoms with van der Waals surface area (Å²) >= 11 is 5.79. The first kappa shape index (κ1) is 21.5. The highest BCUT2D eigenvalue weighted by Gasteiger charge is 2.19. The van der Waals surface area contributed by atoms with Crippen molar-refractivity contribution in [1.29, 1.82) is 0 Å². The molecule has 0 heterocycles. The Bertz CT molecular complexity index is 859. The lowest BCUT2D eigenvalue weighted by Gasteiger charge is -2.16. The molecule has 0 radical (unpaired) electrons. The summed E-state index contributed by atoms with van der Waals surface area (Å²) in [5.74, 6) is 0.966. The Balaban J connectivity index is 2.01. The van der Waals surface area contributed by atoms with Crippen LogP contribution in [0.25, 0.3) is 0 Å². The summed E-state index contributed by atoms with van der Waals surface area (Å²) < 4.78 is 10.8. The predicted molar refractivity (Wildman–Crippen MR) is 106 cm³/mol. The van der Waals surface area contributed by atoms with Crippen LogP contribution in [0.4, 0.5) is 11.4 Å². The molecule has 0 bridgehead atoms. The summed E-state index contributed by atoms with van der Waals surface area (Å²) in [6, 6.07) is 9.75. The smallest absolute Gasteiger partial charge is 0.294 e. The van der Waals surface area contributed by atoms with Crippen LogP contribution in [0.1, 0.15) is 12.5 Å². The number of quaternary nitrogens is 1. The minimum absolute atomic E-state index is 0.120. The third kappa shape index (κ3) is 5.83. The first-order chi connectivity index (χ1) is 13.3. The number of likely N-dealkylation sites (N-methyl/N-ethyl adjacent to an activating group) is 1. The third-order valence-corrected chi connectivity index (χ3v) is 4.16. The number of anilines is 1. The van der Waals surface area contributed by atoms with Gasteiger partial charge in [-0.3, -0.25) is 14.9 Å². The van der Waals surface area contributed by atoms with E-state index in [1.807, 2.05) is 32.2 Å². The summed E-state index contributed by atoms with van der Waals surface area (Å²) in [5, 5.41) is 13.9. The molecule has 28 heavy (non-hydrogen) atoms. The fourth-order valence-electron chi connectivity index (χ4n) is 2.74. The van der Waals surface area contributed by atoms with Gasteiger partial charge in [-0.25, -0.2) is 0 Å². The number of hydrogen-bond donors (Lipinski definition) is 2. The van der Waals surface area contributed by atoms with Gasteiger partial charge in [-0.15, -0.1) is 0 Å². The van der Waals surface area contributed by atoms with E-state index in [9.17, 15) is 14.9 Å². The predicted octanol–water partition coefficient (Wildman–Crippen LogP) is 2.31. The number of hydrogen-bond acceptors (Lipinski definition) is 5. The summed E-state index contributed by atoms with van der Waals surface area (Å²) in [5.41, 5.74) is 0.854. The van der Waals surface area contributed by atoms with E-state index in [4.69, 9.17) is 21.1 Å². The van der Waals surface area contributed by atoms with Crippen LogP contribution in [-0.2, 0) is 11.3 Å². The Kier molecular flexibility index (Phi) is 7.60. The van der Waals surface area contributed by atoms with Gasteiger partial charge in [0, 0.05) is 16.7 Å². The standard InChI is InChI=1S/C19H22ClN3O5/c1-4-28-17-8-5-13(9-18(17)27-3)11-22(2)12-19(24)21-15-7-6-14(20)10-16(15)23(25)26/h5-10H,4,11-12H2,1-3H3,(H,21,24)/p+1. The molecule has 2 aromatic carbocycles. The monoisotopic (exact) mass is 408 g/mol. The van der Waals surface area contributed by atoms with Gasteiger partial charge in [0.25, 0.3) is 11.6 Å². The number of halogens is 1. The van der Waals surface area contributed by atoms with Crippen LogP contribution in [0.3, 0.4) is 0 Å². The summed E-state index contributed by atoms with van der Waals surface area (Å²) in [7, 11) is 3.43. The molecular weight excluding hydrogens is 386 g/mol. The molecule has 0 saturated carbocycles. The minimum atomic E-state index is -0.579. The van der Waals surface area contributed by atoms with Crippen LogP contribution in [-0.4, -0.2) is 38.1 Å². The number of methoxy groups -OCH3 is 1. The second-order valence-corrected chi connectivity index (χ2v) is 6.63. The van der Waals surface area contributed by atoms with Gasteiger partial charge in [0.05, 0.1) is 25.7 Å². The highest BCUT2D eigenvalue weighted by atomic mass is 35.5. The Labute approximate surface area is 168 Å². The zero-order valence-corrected chi connectivity index (χ0v) is 16.7. The maximum atomic E-state index is 12.3. The first-order valence-electron chi connectivity index (χ1n) is 8.68. The van der Waals surface area contributed by atoms with Crippen LogP contribution in [0.2, 0.25) is 5.02 Å². The van der Waals surface area contributed by atoms with Gasteiger partial charge in [0.15, 0.2) is 18.0 Å². The average Bonchev–Trinajstić information content (AvgIpc) is 2.64. The number of carbonyl (C=O) groups excluding carboxylic acids is 1. The van der Waals surface area contributed by atoms with Gasteiger partial charge in [-0.05, 0) is 37.3 Å². The molecule has 0 aliphatic heterocycles.